The molecular weight excluding hydrogens is 423 g/mol. The number of carbonyl (C=O) groups excluding carboxylic acids is 1. The third-order valence-electron chi connectivity index (χ3n) is 4.95. The molecule has 0 bridgehead atoms. The minimum absolute atomic E-state index is 0.201. The smallest absolute Gasteiger partial charge is 0.411 e. The Kier molecular flexibility index (Phi) is 8.32. The fourth-order valence-electron chi connectivity index (χ4n) is 3.17. The highest BCUT2D eigenvalue weighted by atomic mass is 19.1. The molecule has 1 heterocycles. The lowest BCUT2D eigenvalue weighted by Crippen LogP contribution is -2.25. The van der Waals surface area contributed by atoms with Gasteiger partial charge in [-0.05, 0) is 55.3 Å². The van der Waals surface area contributed by atoms with Gasteiger partial charge in [0.15, 0.2) is 0 Å². The molecule has 0 atom stereocenters. The van der Waals surface area contributed by atoms with E-state index in [1.807, 2.05) is 6.07 Å². The molecule has 2 aromatic carbocycles. The van der Waals surface area contributed by atoms with Gasteiger partial charge in [-0.3, -0.25) is 10.1 Å². The van der Waals surface area contributed by atoms with Gasteiger partial charge in [-0.1, -0.05) is 38.1 Å². The second kappa shape index (κ2) is 11.4. The van der Waals surface area contributed by atoms with Crippen molar-refractivity contribution < 1.29 is 13.9 Å². The molecule has 0 fully saturated rings. The number of aryl methyl sites for hydroxylation is 1. The number of nitrogens with one attached hydrogen (secondary N) is 2. The van der Waals surface area contributed by atoms with Crippen LogP contribution in [0.5, 0.6) is 0 Å². The zero-order chi connectivity index (χ0) is 23.8. The number of nitrogens with zero attached hydrogens (tertiary/aromatic N) is 2. The van der Waals surface area contributed by atoms with Crippen LogP contribution in [0.25, 0.3) is 11.3 Å². The normalized spacial score (nSPS) is 10.9. The maximum Gasteiger partial charge on any atom is 0.411 e. The van der Waals surface area contributed by atoms with Crippen molar-refractivity contribution in [3.63, 3.8) is 0 Å². The van der Waals surface area contributed by atoms with Gasteiger partial charge in [0.25, 0.3) is 5.56 Å². The van der Waals surface area contributed by atoms with Crippen molar-refractivity contribution in [2.75, 3.05) is 18.5 Å². The summed E-state index contributed by atoms with van der Waals surface area (Å²) in [6, 6.07) is 15.3. The van der Waals surface area contributed by atoms with Crippen LogP contribution in [-0.2, 0) is 11.3 Å². The summed E-state index contributed by atoms with van der Waals surface area (Å²) in [5.74, 6) is -0.325. The Morgan fingerprint density at radius 3 is 2.73 bits per heavy atom. The Morgan fingerprint density at radius 2 is 1.97 bits per heavy atom. The minimum atomic E-state index is -0.532. The molecule has 1 aromatic heterocycles. The van der Waals surface area contributed by atoms with Crippen LogP contribution in [0.4, 0.5) is 14.9 Å². The number of ether oxygens (including phenoxy) is 1. The van der Waals surface area contributed by atoms with Crippen LogP contribution in [-0.4, -0.2) is 35.1 Å². The lowest BCUT2D eigenvalue weighted by atomic mass is 10.1. The molecule has 3 rings (SSSR count). The second-order valence-electron chi connectivity index (χ2n) is 8.10. The van der Waals surface area contributed by atoms with E-state index in [-0.39, 0.29) is 17.9 Å². The predicted molar refractivity (Wildman–Crippen MR) is 127 cm³/mol. The van der Waals surface area contributed by atoms with Crippen LogP contribution in [0.1, 0.15) is 31.4 Å². The first kappa shape index (κ1) is 24.1. The number of anilines is 1. The van der Waals surface area contributed by atoms with Gasteiger partial charge in [0.05, 0.1) is 18.8 Å². The number of aromatic nitrogens is 2. The Labute approximate surface area is 192 Å². The maximum absolute atomic E-state index is 13.9. The Bertz CT molecular complexity index is 1160. The average Bonchev–Trinajstić information content (AvgIpc) is 2.77. The first-order chi connectivity index (χ1) is 15.8. The Hall–Kier alpha value is -3.52. The maximum atomic E-state index is 13.9. The van der Waals surface area contributed by atoms with Gasteiger partial charge >= 0.3 is 6.09 Å². The molecule has 33 heavy (non-hydrogen) atoms. The molecule has 0 aliphatic heterocycles. The van der Waals surface area contributed by atoms with Crippen molar-refractivity contribution in [2.45, 2.75) is 39.8 Å². The van der Waals surface area contributed by atoms with Crippen LogP contribution in [0.3, 0.4) is 0 Å². The summed E-state index contributed by atoms with van der Waals surface area (Å²) < 4.78 is 20.5. The first-order valence-electron chi connectivity index (χ1n) is 10.9. The molecule has 8 heteroatoms. The second-order valence-corrected chi connectivity index (χ2v) is 8.10. The minimum Gasteiger partial charge on any atom is -0.449 e. The molecule has 0 unspecified atom stereocenters. The molecule has 0 aliphatic carbocycles. The number of halogens is 1. The number of carbonyl (C=O) groups is 1. The highest BCUT2D eigenvalue weighted by molar-refractivity contribution is 5.84. The van der Waals surface area contributed by atoms with E-state index in [1.54, 1.807) is 43.3 Å². The summed E-state index contributed by atoms with van der Waals surface area (Å²) in [4.78, 5) is 24.4. The molecular formula is C25H29FN4O3. The van der Waals surface area contributed by atoms with Crippen LogP contribution in [0.2, 0.25) is 0 Å². The van der Waals surface area contributed by atoms with Crippen molar-refractivity contribution in [1.29, 1.82) is 0 Å². The number of hydrogen-bond donors (Lipinski definition) is 2. The summed E-state index contributed by atoms with van der Waals surface area (Å²) in [7, 11) is 0. The van der Waals surface area contributed by atoms with Crippen molar-refractivity contribution in [1.82, 2.24) is 15.1 Å². The van der Waals surface area contributed by atoms with Crippen LogP contribution < -0.4 is 16.2 Å². The van der Waals surface area contributed by atoms with Gasteiger partial charge < -0.3 is 10.1 Å². The quantitative estimate of drug-likeness (QED) is 0.472. The van der Waals surface area contributed by atoms with Gasteiger partial charge in [0, 0.05) is 23.4 Å². The van der Waals surface area contributed by atoms with Crippen LogP contribution in [0.15, 0.2) is 59.4 Å². The van der Waals surface area contributed by atoms with E-state index in [4.69, 9.17) is 4.74 Å². The highest BCUT2D eigenvalue weighted by Gasteiger charge is 2.08. The lowest BCUT2D eigenvalue weighted by molar-refractivity contribution is 0.160. The molecule has 1 amide bonds. The fourth-order valence-corrected chi connectivity index (χ4v) is 3.17. The van der Waals surface area contributed by atoms with Gasteiger partial charge in [-0.2, -0.15) is 5.10 Å². The number of hydrogen-bond acceptors (Lipinski definition) is 5. The zero-order valence-electron chi connectivity index (χ0n) is 19.1. The van der Waals surface area contributed by atoms with Crippen molar-refractivity contribution in [3.05, 3.63) is 81.9 Å². The third-order valence-corrected chi connectivity index (χ3v) is 4.95. The van der Waals surface area contributed by atoms with Crippen molar-refractivity contribution in [2.24, 2.45) is 0 Å². The van der Waals surface area contributed by atoms with E-state index in [0.717, 1.165) is 18.5 Å². The summed E-state index contributed by atoms with van der Waals surface area (Å²) in [5, 5.41) is 10.3. The fraction of sp³-hybridized carbons (Fsp3) is 0.320. The van der Waals surface area contributed by atoms with Crippen LogP contribution >= 0.6 is 0 Å². The van der Waals surface area contributed by atoms with E-state index in [1.165, 1.54) is 16.8 Å². The van der Waals surface area contributed by atoms with Gasteiger partial charge in [0.1, 0.15) is 5.82 Å². The molecule has 7 nitrogen and oxygen atoms in total. The number of amides is 1. The van der Waals surface area contributed by atoms with Crippen molar-refractivity contribution in [3.8, 4) is 11.3 Å². The standard InChI is InChI=1S/C25H29FN4O3/c1-17(2)27-12-5-13-33-25(32)28-21-7-4-6-19(14-21)16-30-24(31)11-10-23(29-30)20-9-8-18(3)22(26)15-20/h4,6-11,14-15,17,27H,5,12-13,16H2,1-3H3,(H,28,32). The van der Waals surface area contributed by atoms with Gasteiger partial charge in [-0.25, -0.2) is 13.9 Å². The Morgan fingerprint density at radius 1 is 1.15 bits per heavy atom. The summed E-state index contributed by atoms with van der Waals surface area (Å²) >= 11 is 0. The van der Waals surface area contributed by atoms with Gasteiger partial charge in [-0.15, -0.1) is 0 Å². The topological polar surface area (TPSA) is 85.2 Å². The molecule has 0 radical (unpaired) electrons. The molecule has 3 aromatic rings. The van der Waals surface area contributed by atoms with E-state index in [9.17, 15) is 14.0 Å². The van der Waals surface area contributed by atoms with E-state index < -0.39 is 6.09 Å². The van der Waals surface area contributed by atoms with E-state index in [0.29, 0.717) is 35.2 Å². The predicted octanol–water partition coefficient (Wildman–Crippen LogP) is 4.34. The van der Waals surface area contributed by atoms with Crippen molar-refractivity contribution >= 4 is 11.8 Å². The zero-order valence-corrected chi connectivity index (χ0v) is 19.1. The molecule has 174 valence electrons. The number of rotatable bonds is 9. The molecule has 0 spiro atoms. The van der Waals surface area contributed by atoms with Crippen LogP contribution in [0, 0.1) is 12.7 Å². The number of benzene rings is 2. The summed E-state index contributed by atoms with van der Waals surface area (Å²) in [6.07, 6.45) is 0.192. The SMILES string of the molecule is Cc1ccc(-c2ccc(=O)n(Cc3cccc(NC(=O)OCCCNC(C)C)c3)n2)cc1F. The van der Waals surface area contributed by atoms with Gasteiger partial charge in [0.2, 0.25) is 0 Å². The van der Waals surface area contributed by atoms with E-state index in [2.05, 4.69) is 29.6 Å². The molecule has 2 N–H and O–H groups in total. The third kappa shape index (κ3) is 7.25. The summed E-state index contributed by atoms with van der Waals surface area (Å²) in [5.41, 5.74) is 2.69. The summed E-state index contributed by atoms with van der Waals surface area (Å²) in [6.45, 7) is 7.10. The largest absolute Gasteiger partial charge is 0.449 e. The van der Waals surface area contributed by atoms with E-state index >= 15 is 0 Å². The molecule has 0 saturated carbocycles. The lowest BCUT2D eigenvalue weighted by Gasteiger charge is -2.11. The molecule has 0 saturated heterocycles. The Balaban J connectivity index is 1.64. The average molecular weight is 453 g/mol. The monoisotopic (exact) mass is 452 g/mol. The molecule has 0 aliphatic rings. The highest BCUT2D eigenvalue weighted by Crippen LogP contribution is 2.19. The first-order valence-corrected chi connectivity index (χ1v) is 10.9.